The summed E-state index contributed by atoms with van der Waals surface area (Å²) in [5.74, 6) is -0.564. The van der Waals surface area contributed by atoms with Crippen LogP contribution in [0.15, 0.2) is 42.6 Å². The van der Waals surface area contributed by atoms with Crippen molar-refractivity contribution >= 4 is 29.2 Å². The van der Waals surface area contributed by atoms with Crippen molar-refractivity contribution in [2.45, 2.75) is 6.92 Å². The molecular formula is C16H15ClN2O4. The largest absolute Gasteiger partial charge is 0.492 e. The van der Waals surface area contributed by atoms with Crippen molar-refractivity contribution in [1.82, 2.24) is 4.98 Å². The van der Waals surface area contributed by atoms with Crippen LogP contribution in [-0.2, 0) is 9.53 Å². The van der Waals surface area contributed by atoms with Gasteiger partial charge < -0.3 is 14.8 Å². The number of carbonyl (C=O) groups is 2. The summed E-state index contributed by atoms with van der Waals surface area (Å²) in [5.41, 5.74) is 0.737. The predicted octanol–water partition coefficient (Wildman–Crippen LogP) is 2.93. The van der Waals surface area contributed by atoms with Crippen LogP contribution in [0.4, 0.5) is 5.69 Å². The van der Waals surface area contributed by atoms with Crippen molar-refractivity contribution in [2.75, 3.05) is 18.5 Å². The number of benzene rings is 1. The predicted molar refractivity (Wildman–Crippen MR) is 85.8 cm³/mol. The lowest BCUT2D eigenvalue weighted by molar-refractivity contribution is -0.119. The van der Waals surface area contributed by atoms with E-state index in [1.807, 2.05) is 6.92 Å². The molecule has 0 saturated carbocycles. The van der Waals surface area contributed by atoms with E-state index in [-0.39, 0.29) is 10.7 Å². The zero-order valence-corrected chi connectivity index (χ0v) is 13.2. The van der Waals surface area contributed by atoms with Gasteiger partial charge in [0, 0.05) is 6.20 Å². The molecular weight excluding hydrogens is 320 g/mol. The highest BCUT2D eigenvalue weighted by Crippen LogP contribution is 2.23. The molecule has 0 saturated heterocycles. The average Bonchev–Trinajstić information content (AvgIpc) is 2.55. The Balaban J connectivity index is 1.90. The zero-order valence-electron chi connectivity index (χ0n) is 12.4. The number of hydrogen-bond acceptors (Lipinski definition) is 5. The van der Waals surface area contributed by atoms with Gasteiger partial charge in [0.25, 0.3) is 5.91 Å². The second-order valence-corrected chi connectivity index (χ2v) is 4.81. The number of carbonyl (C=O) groups excluding carboxylic acids is 2. The highest BCUT2D eigenvalue weighted by molar-refractivity contribution is 6.29. The van der Waals surface area contributed by atoms with Crippen LogP contribution in [0.3, 0.4) is 0 Å². The number of anilines is 1. The van der Waals surface area contributed by atoms with E-state index in [4.69, 9.17) is 21.1 Å². The Morgan fingerprint density at radius 1 is 1.22 bits per heavy atom. The number of nitrogens with zero attached hydrogens (tertiary/aromatic N) is 1. The highest BCUT2D eigenvalue weighted by Gasteiger charge is 2.12. The van der Waals surface area contributed by atoms with Gasteiger partial charge in [-0.15, -0.1) is 0 Å². The molecule has 0 atom stereocenters. The minimum absolute atomic E-state index is 0.219. The third kappa shape index (κ3) is 4.96. The SMILES string of the molecule is CCOc1ccccc1NC(=O)COC(=O)c1ccc(Cl)nc1. The molecule has 0 fully saturated rings. The standard InChI is InChI=1S/C16H15ClN2O4/c1-2-22-13-6-4-3-5-12(13)19-15(20)10-23-16(21)11-7-8-14(17)18-9-11/h3-9H,2,10H2,1H3,(H,19,20). The molecule has 0 aliphatic heterocycles. The van der Waals surface area contributed by atoms with E-state index in [2.05, 4.69) is 10.3 Å². The molecule has 23 heavy (non-hydrogen) atoms. The van der Waals surface area contributed by atoms with Gasteiger partial charge in [0.1, 0.15) is 10.9 Å². The molecule has 1 N–H and O–H groups in total. The van der Waals surface area contributed by atoms with Crippen LogP contribution in [0.5, 0.6) is 5.75 Å². The zero-order chi connectivity index (χ0) is 16.7. The third-order valence-electron chi connectivity index (χ3n) is 2.76. The van der Waals surface area contributed by atoms with Crippen LogP contribution < -0.4 is 10.1 Å². The number of hydrogen-bond donors (Lipinski definition) is 1. The van der Waals surface area contributed by atoms with E-state index in [0.717, 1.165) is 0 Å². The van der Waals surface area contributed by atoms with Crippen LogP contribution in [0.1, 0.15) is 17.3 Å². The average molecular weight is 335 g/mol. The molecule has 0 unspecified atom stereocenters. The van der Waals surface area contributed by atoms with Crippen molar-refractivity contribution in [3.63, 3.8) is 0 Å². The second kappa shape index (κ2) is 8.14. The molecule has 2 rings (SSSR count). The van der Waals surface area contributed by atoms with Gasteiger partial charge in [0.05, 0.1) is 17.9 Å². The Bertz CT molecular complexity index is 689. The third-order valence-corrected chi connectivity index (χ3v) is 2.98. The van der Waals surface area contributed by atoms with Crippen molar-refractivity contribution in [3.8, 4) is 5.75 Å². The summed E-state index contributed by atoms with van der Waals surface area (Å²) < 4.78 is 10.3. The topological polar surface area (TPSA) is 77.5 Å². The minimum Gasteiger partial charge on any atom is -0.492 e. The van der Waals surface area contributed by atoms with Gasteiger partial charge in [-0.2, -0.15) is 0 Å². The molecule has 1 aromatic heterocycles. The summed E-state index contributed by atoms with van der Waals surface area (Å²) in [4.78, 5) is 27.4. The Labute approximate surface area is 138 Å². The first-order chi connectivity index (χ1) is 11.1. The van der Waals surface area contributed by atoms with Crippen molar-refractivity contribution < 1.29 is 19.1 Å². The number of aromatic nitrogens is 1. The number of esters is 1. The van der Waals surface area contributed by atoms with Crippen LogP contribution >= 0.6 is 11.6 Å². The molecule has 1 aromatic carbocycles. The van der Waals surface area contributed by atoms with Crippen LogP contribution in [0.25, 0.3) is 0 Å². The number of ether oxygens (including phenoxy) is 2. The maximum Gasteiger partial charge on any atom is 0.340 e. The molecule has 0 radical (unpaired) electrons. The molecule has 0 bridgehead atoms. The lowest BCUT2D eigenvalue weighted by Crippen LogP contribution is -2.21. The number of rotatable bonds is 6. The number of halogens is 1. The van der Waals surface area contributed by atoms with Gasteiger partial charge in [-0.25, -0.2) is 9.78 Å². The lowest BCUT2D eigenvalue weighted by atomic mass is 10.3. The van der Waals surface area contributed by atoms with E-state index >= 15 is 0 Å². The molecule has 0 aliphatic carbocycles. The second-order valence-electron chi connectivity index (χ2n) is 4.42. The summed E-state index contributed by atoms with van der Waals surface area (Å²) >= 11 is 5.64. The Morgan fingerprint density at radius 3 is 2.70 bits per heavy atom. The molecule has 0 aliphatic rings. The maximum absolute atomic E-state index is 11.9. The Hall–Kier alpha value is -2.60. The van der Waals surface area contributed by atoms with Crippen LogP contribution in [0.2, 0.25) is 5.15 Å². The quantitative estimate of drug-likeness (QED) is 0.649. The summed E-state index contributed by atoms with van der Waals surface area (Å²) in [6, 6.07) is 9.95. The summed E-state index contributed by atoms with van der Waals surface area (Å²) in [6.45, 7) is 1.91. The summed E-state index contributed by atoms with van der Waals surface area (Å²) in [6.07, 6.45) is 1.28. The minimum atomic E-state index is -0.651. The fourth-order valence-electron chi connectivity index (χ4n) is 1.75. The molecule has 1 heterocycles. The van der Waals surface area contributed by atoms with Gasteiger partial charge in [-0.3, -0.25) is 4.79 Å². The molecule has 1 amide bonds. The normalized spacial score (nSPS) is 10.0. The smallest absolute Gasteiger partial charge is 0.340 e. The van der Waals surface area contributed by atoms with Gasteiger partial charge in [-0.05, 0) is 31.2 Å². The first-order valence-corrected chi connectivity index (χ1v) is 7.28. The highest BCUT2D eigenvalue weighted by atomic mass is 35.5. The van der Waals surface area contributed by atoms with E-state index in [9.17, 15) is 9.59 Å². The number of amides is 1. The molecule has 120 valence electrons. The molecule has 2 aromatic rings. The molecule has 7 heteroatoms. The first-order valence-electron chi connectivity index (χ1n) is 6.90. The van der Waals surface area contributed by atoms with Crippen molar-refractivity contribution in [1.29, 1.82) is 0 Å². The van der Waals surface area contributed by atoms with Crippen LogP contribution in [0, 0.1) is 0 Å². The van der Waals surface area contributed by atoms with Crippen LogP contribution in [-0.4, -0.2) is 30.1 Å². The monoisotopic (exact) mass is 334 g/mol. The fourth-order valence-corrected chi connectivity index (χ4v) is 1.86. The first kappa shape index (κ1) is 16.8. The summed E-state index contributed by atoms with van der Waals surface area (Å²) in [7, 11) is 0. The summed E-state index contributed by atoms with van der Waals surface area (Å²) in [5, 5.41) is 2.90. The maximum atomic E-state index is 11.9. The van der Waals surface area contributed by atoms with Gasteiger partial charge >= 0.3 is 5.97 Å². The lowest BCUT2D eigenvalue weighted by Gasteiger charge is -2.11. The van der Waals surface area contributed by atoms with Gasteiger partial charge in [0.2, 0.25) is 0 Å². The Kier molecular flexibility index (Phi) is 5.94. The van der Waals surface area contributed by atoms with Gasteiger partial charge in [0.15, 0.2) is 6.61 Å². The number of nitrogens with one attached hydrogen (secondary N) is 1. The Morgan fingerprint density at radius 2 is 2.00 bits per heavy atom. The number of para-hydroxylation sites is 2. The molecule has 6 nitrogen and oxygen atoms in total. The van der Waals surface area contributed by atoms with E-state index in [1.54, 1.807) is 24.3 Å². The van der Waals surface area contributed by atoms with Crippen molar-refractivity contribution in [3.05, 3.63) is 53.3 Å². The van der Waals surface area contributed by atoms with Gasteiger partial charge in [-0.1, -0.05) is 23.7 Å². The number of pyridine rings is 1. The fraction of sp³-hybridized carbons (Fsp3) is 0.188. The van der Waals surface area contributed by atoms with E-state index < -0.39 is 18.5 Å². The van der Waals surface area contributed by atoms with E-state index in [0.29, 0.717) is 18.0 Å². The van der Waals surface area contributed by atoms with Crippen molar-refractivity contribution in [2.24, 2.45) is 0 Å². The molecule has 0 spiro atoms. The van der Waals surface area contributed by atoms with E-state index in [1.165, 1.54) is 18.3 Å².